The number of rotatable bonds is 8. The molecule has 0 aromatic heterocycles. The first-order valence-electron chi connectivity index (χ1n) is 11.2. The highest BCUT2D eigenvalue weighted by molar-refractivity contribution is 8.19. The lowest BCUT2D eigenvalue weighted by Gasteiger charge is -2.08. The first-order chi connectivity index (χ1) is 17.1. The molecule has 178 valence electrons. The molecule has 3 aromatic rings. The molecule has 0 N–H and O–H groups in total. The molecule has 0 saturated carbocycles. The van der Waals surface area contributed by atoms with E-state index in [1.165, 1.54) is 11.8 Å². The number of methoxy groups -OCH3 is 1. The first-order valence-corrected chi connectivity index (χ1v) is 12.0. The molecule has 1 heterocycles. The number of allylic oxidation sites excluding steroid dienone is 1. The second-order valence-electron chi connectivity index (χ2n) is 7.65. The van der Waals surface area contributed by atoms with E-state index in [-0.39, 0.29) is 12.4 Å². The Hall–Kier alpha value is -3.84. The van der Waals surface area contributed by atoms with E-state index in [1.54, 1.807) is 44.4 Å². The summed E-state index contributed by atoms with van der Waals surface area (Å²) >= 11 is 1.19. The van der Waals surface area contributed by atoms with Crippen molar-refractivity contribution in [3.05, 3.63) is 94.9 Å². The number of carbonyl (C=O) groups is 2. The fraction of sp³-hybridized carbons (Fsp3) is 0.179. The van der Waals surface area contributed by atoms with Crippen LogP contribution in [0.25, 0.3) is 6.08 Å². The van der Waals surface area contributed by atoms with Gasteiger partial charge in [-0.1, -0.05) is 54.2 Å². The molecule has 6 nitrogen and oxygen atoms in total. The first kappa shape index (κ1) is 24.3. The van der Waals surface area contributed by atoms with Crippen LogP contribution in [0.3, 0.4) is 0 Å². The highest BCUT2D eigenvalue weighted by atomic mass is 32.2. The number of Topliss-reactive ketones (excluding diaryl/α,β-unsaturated/α-hetero) is 1. The van der Waals surface area contributed by atoms with E-state index >= 15 is 0 Å². The van der Waals surface area contributed by atoms with Gasteiger partial charge < -0.3 is 14.2 Å². The Labute approximate surface area is 208 Å². The third-order valence-corrected chi connectivity index (χ3v) is 6.30. The molecule has 1 aliphatic rings. The summed E-state index contributed by atoms with van der Waals surface area (Å²) in [5, 5.41) is 0.396. The maximum Gasteiger partial charge on any atom is 0.323 e. The number of benzene rings is 3. The molecule has 0 radical (unpaired) electrons. The van der Waals surface area contributed by atoms with Gasteiger partial charge in [-0.3, -0.25) is 9.59 Å². The normalized spacial score (nSPS) is 17.5. The molecular weight excluding hydrogens is 462 g/mol. The fourth-order valence-electron chi connectivity index (χ4n) is 3.43. The summed E-state index contributed by atoms with van der Waals surface area (Å²) in [7, 11) is 1.59. The van der Waals surface area contributed by atoms with Gasteiger partial charge in [-0.05, 0) is 60.5 Å². The summed E-state index contributed by atoms with van der Waals surface area (Å²) in [6.07, 6.45) is 1.76. The SMILES string of the molecule is CCOC(=O)C1C(=O)/C(=C/c2ccc(OCc3ccccc3)cc2)SC1=Nc1ccc(OC)cc1. The zero-order valence-electron chi connectivity index (χ0n) is 19.5. The smallest absolute Gasteiger partial charge is 0.323 e. The average molecular weight is 488 g/mol. The van der Waals surface area contributed by atoms with Crippen molar-refractivity contribution < 1.29 is 23.8 Å². The monoisotopic (exact) mass is 487 g/mol. The van der Waals surface area contributed by atoms with E-state index in [9.17, 15) is 9.59 Å². The maximum atomic E-state index is 13.1. The number of aliphatic imine (C=N–C) groups is 1. The molecule has 0 bridgehead atoms. The largest absolute Gasteiger partial charge is 0.497 e. The van der Waals surface area contributed by atoms with Gasteiger partial charge >= 0.3 is 5.97 Å². The summed E-state index contributed by atoms with van der Waals surface area (Å²) in [6, 6.07) is 24.5. The Kier molecular flexibility index (Phi) is 8.00. The molecule has 0 spiro atoms. The van der Waals surface area contributed by atoms with E-state index < -0.39 is 11.9 Å². The van der Waals surface area contributed by atoms with Crippen molar-refractivity contribution in [2.75, 3.05) is 13.7 Å². The molecule has 0 amide bonds. The van der Waals surface area contributed by atoms with Crippen LogP contribution in [0.4, 0.5) is 5.69 Å². The zero-order chi connectivity index (χ0) is 24.6. The Morgan fingerprint density at radius 3 is 2.31 bits per heavy atom. The maximum absolute atomic E-state index is 13.1. The zero-order valence-corrected chi connectivity index (χ0v) is 20.3. The Bertz CT molecular complexity index is 1230. The van der Waals surface area contributed by atoms with E-state index in [2.05, 4.69) is 4.99 Å². The Balaban J connectivity index is 1.53. The van der Waals surface area contributed by atoms with Gasteiger partial charge in [0, 0.05) is 0 Å². The van der Waals surface area contributed by atoms with Crippen molar-refractivity contribution >= 4 is 40.3 Å². The highest BCUT2D eigenvalue weighted by Gasteiger charge is 2.42. The standard InChI is InChI=1S/C28H25NO5S/c1-3-33-28(31)25-26(30)24(35-27(25)29-21-11-15-22(32-2)16-12-21)17-19-9-13-23(14-10-19)34-18-20-7-5-4-6-8-20/h4-17,25H,3,18H2,1-2H3/b24-17-,29-27?. The van der Waals surface area contributed by atoms with Crippen LogP contribution < -0.4 is 9.47 Å². The molecular formula is C28H25NO5S. The fourth-order valence-corrected chi connectivity index (χ4v) is 4.55. The summed E-state index contributed by atoms with van der Waals surface area (Å²) in [6.45, 7) is 2.37. The third kappa shape index (κ3) is 6.19. The van der Waals surface area contributed by atoms with Crippen LogP contribution in [0.15, 0.2) is 88.8 Å². The van der Waals surface area contributed by atoms with Gasteiger partial charge in [-0.15, -0.1) is 0 Å². The van der Waals surface area contributed by atoms with Crippen LogP contribution in [-0.4, -0.2) is 30.5 Å². The van der Waals surface area contributed by atoms with Crippen LogP contribution in [0.1, 0.15) is 18.1 Å². The number of carbonyl (C=O) groups excluding carboxylic acids is 2. The number of nitrogens with zero attached hydrogens (tertiary/aromatic N) is 1. The molecule has 1 aliphatic heterocycles. The predicted molar refractivity (Wildman–Crippen MR) is 138 cm³/mol. The van der Waals surface area contributed by atoms with Crippen molar-refractivity contribution in [2.24, 2.45) is 10.9 Å². The van der Waals surface area contributed by atoms with Gasteiger partial charge in [-0.2, -0.15) is 0 Å². The minimum atomic E-state index is -1.07. The molecule has 1 saturated heterocycles. The molecule has 1 fully saturated rings. The number of hydrogen-bond donors (Lipinski definition) is 0. The molecule has 0 aliphatic carbocycles. The Morgan fingerprint density at radius 2 is 1.66 bits per heavy atom. The van der Waals surface area contributed by atoms with E-state index in [4.69, 9.17) is 14.2 Å². The molecule has 4 rings (SSSR count). The Morgan fingerprint density at radius 1 is 0.971 bits per heavy atom. The molecule has 1 unspecified atom stereocenters. The van der Waals surface area contributed by atoms with Crippen molar-refractivity contribution in [3.8, 4) is 11.5 Å². The highest BCUT2D eigenvalue weighted by Crippen LogP contribution is 2.38. The molecule has 7 heteroatoms. The number of thioether (sulfide) groups is 1. The number of ether oxygens (including phenoxy) is 3. The van der Waals surface area contributed by atoms with Gasteiger partial charge in [0.1, 0.15) is 23.1 Å². The van der Waals surface area contributed by atoms with Crippen molar-refractivity contribution in [1.29, 1.82) is 0 Å². The summed E-state index contributed by atoms with van der Waals surface area (Å²) in [4.78, 5) is 30.7. The second-order valence-corrected chi connectivity index (χ2v) is 8.71. The van der Waals surface area contributed by atoms with Crippen LogP contribution in [0.2, 0.25) is 0 Å². The number of hydrogen-bond acceptors (Lipinski definition) is 7. The predicted octanol–water partition coefficient (Wildman–Crippen LogP) is 5.84. The summed E-state index contributed by atoms with van der Waals surface area (Å²) in [5.74, 6) is -0.549. The lowest BCUT2D eigenvalue weighted by Crippen LogP contribution is -2.27. The molecule has 35 heavy (non-hydrogen) atoms. The second kappa shape index (κ2) is 11.5. The number of ketones is 1. The quantitative estimate of drug-likeness (QED) is 0.226. The van der Waals surface area contributed by atoms with Crippen LogP contribution in [-0.2, 0) is 20.9 Å². The van der Waals surface area contributed by atoms with Crippen LogP contribution >= 0.6 is 11.8 Å². The average Bonchev–Trinajstić information content (AvgIpc) is 3.19. The van der Waals surface area contributed by atoms with Gasteiger partial charge in [0.2, 0.25) is 0 Å². The number of esters is 1. The van der Waals surface area contributed by atoms with Gasteiger partial charge in [0.05, 0.1) is 24.3 Å². The van der Waals surface area contributed by atoms with Crippen molar-refractivity contribution in [3.63, 3.8) is 0 Å². The molecule has 3 aromatic carbocycles. The van der Waals surface area contributed by atoms with E-state index in [0.29, 0.717) is 28.0 Å². The summed E-state index contributed by atoms with van der Waals surface area (Å²) in [5.41, 5.74) is 2.53. The van der Waals surface area contributed by atoms with Crippen molar-refractivity contribution in [1.82, 2.24) is 0 Å². The lowest BCUT2D eigenvalue weighted by molar-refractivity contribution is -0.147. The van der Waals surface area contributed by atoms with Gasteiger partial charge in [-0.25, -0.2) is 4.99 Å². The van der Waals surface area contributed by atoms with Crippen LogP contribution in [0, 0.1) is 5.92 Å². The lowest BCUT2D eigenvalue weighted by atomic mass is 10.0. The topological polar surface area (TPSA) is 74.2 Å². The van der Waals surface area contributed by atoms with Crippen molar-refractivity contribution in [2.45, 2.75) is 13.5 Å². The van der Waals surface area contributed by atoms with E-state index in [0.717, 1.165) is 16.9 Å². The minimum Gasteiger partial charge on any atom is -0.497 e. The summed E-state index contributed by atoms with van der Waals surface area (Å²) < 4.78 is 16.2. The van der Waals surface area contributed by atoms with Gasteiger partial charge in [0.25, 0.3) is 0 Å². The molecule has 1 atom stereocenters. The van der Waals surface area contributed by atoms with Crippen LogP contribution in [0.5, 0.6) is 11.5 Å². The minimum absolute atomic E-state index is 0.187. The van der Waals surface area contributed by atoms with E-state index in [1.807, 2.05) is 54.6 Å². The van der Waals surface area contributed by atoms with Gasteiger partial charge in [0.15, 0.2) is 11.7 Å². The third-order valence-electron chi connectivity index (χ3n) is 5.23.